The van der Waals surface area contributed by atoms with Gasteiger partial charge >= 0.3 is 0 Å². The van der Waals surface area contributed by atoms with Gasteiger partial charge in [0.2, 0.25) is 5.88 Å². The van der Waals surface area contributed by atoms with Crippen molar-refractivity contribution in [1.29, 1.82) is 5.26 Å². The van der Waals surface area contributed by atoms with Gasteiger partial charge in [-0.05, 0) is 90.4 Å². The topological polar surface area (TPSA) is 152 Å². The minimum Gasteiger partial charge on any atom is -0.473 e. The highest BCUT2D eigenvalue weighted by atomic mass is 32.1. The number of hydrogen-bond acceptors (Lipinski definition) is 11. The Bertz CT molecular complexity index is 1730. The SMILES string of the molecule is C[C@H](O)Cn1ccc(-c2cc(O[C@@H](C)[C@@H]3CCCN3C)nc(-c3noc4c3CCC[C@@]43CCCc4sc(N)c(C#N)c43)n2)n1. The summed E-state index contributed by atoms with van der Waals surface area (Å²) in [6.07, 6.45) is 8.86. The molecule has 4 atom stereocenters. The van der Waals surface area contributed by atoms with E-state index in [-0.39, 0.29) is 6.10 Å². The lowest BCUT2D eigenvalue weighted by molar-refractivity contribution is 0.117. The van der Waals surface area contributed by atoms with Gasteiger partial charge in [0.15, 0.2) is 17.3 Å². The predicted octanol–water partition coefficient (Wildman–Crippen LogP) is 4.71. The lowest BCUT2D eigenvalue weighted by Gasteiger charge is -2.39. The van der Waals surface area contributed by atoms with Crippen molar-refractivity contribution < 1.29 is 14.4 Å². The third-order valence-electron chi connectivity index (χ3n) is 9.55. The fourth-order valence-electron chi connectivity index (χ4n) is 7.61. The van der Waals surface area contributed by atoms with Gasteiger partial charge in [-0.25, -0.2) is 4.98 Å². The van der Waals surface area contributed by atoms with Crippen LogP contribution in [0.2, 0.25) is 0 Å². The molecule has 3 aliphatic rings. The standard InChI is InChI=1S/C32H38N8O3S/c1-18(41)17-40-14-10-22(37-40)23-15-26(42-19(2)24-8-6-13-39(24)3)36-31(35-23)28-20-7-4-11-32(29(20)43-38-28)12-5-9-25-27(32)21(16-33)30(34)44-25/h10,14-15,18-19,24,41H,4-9,11-13,17,34H2,1-3H3/t18-,19-,24-,32-/m0/s1. The Labute approximate surface area is 260 Å². The largest absolute Gasteiger partial charge is 0.473 e. The van der Waals surface area contributed by atoms with Crippen molar-refractivity contribution in [2.24, 2.45) is 0 Å². The molecular formula is C32H38N8O3S. The van der Waals surface area contributed by atoms with Crippen LogP contribution in [0.5, 0.6) is 5.88 Å². The number of thiophene rings is 1. The van der Waals surface area contributed by atoms with Gasteiger partial charge < -0.3 is 20.1 Å². The van der Waals surface area contributed by atoms with Crippen LogP contribution in [0.3, 0.4) is 0 Å². The molecule has 4 aromatic rings. The van der Waals surface area contributed by atoms with Crippen LogP contribution < -0.4 is 10.5 Å². The van der Waals surface area contributed by atoms with Crippen LogP contribution in [0.1, 0.15) is 79.7 Å². The molecule has 1 aliphatic heterocycles. The Hall–Kier alpha value is -3.79. The monoisotopic (exact) mass is 614 g/mol. The number of aryl methyl sites for hydroxylation is 1. The van der Waals surface area contributed by atoms with Gasteiger partial charge in [-0.1, -0.05) is 5.16 Å². The van der Waals surface area contributed by atoms with Gasteiger partial charge in [-0.15, -0.1) is 11.3 Å². The van der Waals surface area contributed by atoms with E-state index >= 15 is 0 Å². The number of hydrogen-bond donors (Lipinski definition) is 2. The molecule has 0 unspecified atom stereocenters. The summed E-state index contributed by atoms with van der Waals surface area (Å²) >= 11 is 1.53. The van der Waals surface area contributed by atoms with E-state index in [1.54, 1.807) is 11.6 Å². The minimum absolute atomic E-state index is 0.0745. The number of nitrogen functional groups attached to an aromatic ring is 1. The maximum absolute atomic E-state index is 10.1. The Morgan fingerprint density at radius 3 is 2.80 bits per heavy atom. The Morgan fingerprint density at radius 2 is 2.05 bits per heavy atom. The highest BCUT2D eigenvalue weighted by Crippen LogP contribution is 2.55. The van der Waals surface area contributed by atoms with Crippen molar-refractivity contribution in [3.63, 3.8) is 0 Å². The summed E-state index contributed by atoms with van der Waals surface area (Å²) in [6.45, 7) is 5.26. The van der Waals surface area contributed by atoms with Crippen molar-refractivity contribution >= 4 is 16.3 Å². The summed E-state index contributed by atoms with van der Waals surface area (Å²) in [5, 5.41) is 29.8. The van der Waals surface area contributed by atoms with E-state index in [2.05, 4.69) is 35.2 Å². The average molecular weight is 615 g/mol. The molecule has 0 aromatic carbocycles. The van der Waals surface area contributed by atoms with Crippen LogP contribution in [-0.2, 0) is 24.8 Å². The molecule has 44 heavy (non-hydrogen) atoms. The van der Waals surface area contributed by atoms with Crippen LogP contribution in [0.15, 0.2) is 22.9 Å². The highest BCUT2D eigenvalue weighted by molar-refractivity contribution is 7.16. The zero-order chi connectivity index (χ0) is 30.6. The van der Waals surface area contributed by atoms with Gasteiger partial charge in [0.1, 0.15) is 22.9 Å². The molecule has 2 aliphatic carbocycles. The molecule has 0 saturated carbocycles. The molecule has 4 aromatic heterocycles. The van der Waals surface area contributed by atoms with Crippen LogP contribution >= 0.6 is 11.3 Å². The number of ether oxygens (including phenoxy) is 1. The van der Waals surface area contributed by atoms with E-state index in [0.29, 0.717) is 51.9 Å². The Balaban J connectivity index is 1.32. The smallest absolute Gasteiger partial charge is 0.217 e. The number of fused-ring (bicyclic) bond motifs is 4. The molecule has 3 N–H and O–H groups in total. The highest BCUT2D eigenvalue weighted by Gasteiger charge is 2.48. The predicted molar refractivity (Wildman–Crippen MR) is 166 cm³/mol. The zero-order valence-corrected chi connectivity index (χ0v) is 26.2. The summed E-state index contributed by atoms with van der Waals surface area (Å²) in [7, 11) is 2.14. The van der Waals surface area contributed by atoms with Crippen molar-refractivity contribution in [3.8, 4) is 34.9 Å². The normalized spacial score (nSPS) is 22.8. The van der Waals surface area contributed by atoms with E-state index in [4.69, 9.17) is 25.0 Å². The van der Waals surface area contributed by atoms with Gasteiger partial charge in [0.25, 0.3) is 0 Å². The van der Waals surface area contributed by atoms with Crippen LogP contribution in [0.25, 0.3) is 22.9 Å². The van der Waals surface area contributed by atoms with E-state index in [1.807, 2.05) is 18.3 Å². The number of nitrogens with two attached hydrogens (primary N) is 1. The lowest BCUT2D eigenvalue weighted by Crippen LogP contribution is -2.38. The van der Waals surface area contributed by atoms with Crippen molar-refractivity contribution in [3.05, 3.63) is 45.7 Å². The molecule has 0 radical (unpaired) electrons. The van der Waals surface area contributed by atoms with Crippen LogP contribution in [0, 0.1) is 11.3 Å². The number of rotatable bonds is 7. The maximum atomic E-state index is 10.1. The lowest BCUT2D eigenvalue weighted by atomic mass is 9.63. The molecule has 12 heteroatoms. The summed E-state index contributed by atoms with van der Waals surface area (Å²) in [5.41, 5.74) is 10.4. The number of anilines is 1. The van der Waals surface area contributed by atoms with Crippen molar-refractivity contribution in [2.45, 2.75) is 95.4 Å². The molecule has 1 saturated heterocycles. The summed E-state index contributed by atoms with van der Waals surface area (Å²) < 4.78 is 14.4. The first-order chi connectivity index (χ1) is 21.3. The second-order valence-electron chi connectivity index (χ2n) is 12.6. The molecule has 1 spiro atoms. The zero-order valence-electron chi connectivity index (χ0n) is 25.4. The van der Waals surface area contributed by atoms with Gasteiger partial charge in [-0.2, -0.15) is 15.3 Å². The molecule has 230 valence electrons. The number of aliphatic hydroxyl groups excluding tert-OH is 1. The van der Waals surface area contributed by atoms with E-state index in [0.717, 1.165) is 74.8 Å². The number of likely N-dealkylation sites (N-methyl/N-ethyl adjacent to an activating group) is 1. The molecule has 1 fully saturated rings. The first-order valence-corrected chi connectivity index (χ1v) is 16.4. The van der Waals surface area contributed by atoms with Crippen LogP contribution in [-0.4, -0.2) is 66.8 Å². The number of aromatic nitrogens is 5. The fraction of sp³-hybridized carbons (Fsp3) is 0.531. The second kappa shape index (κ2) is 11.3. The Morgan fingerprint density at radius 1 is 1.23 bits per heavy atom. The maximum Gasteiger partial charge on any atom is 0.217 e. The van der Waals surface area contributed by atoms with Gasteiger partial charge in [-0.3, -0.25) is 9.58 Å². The number of nitriles is 1. The third kappa shape index (κ3) is 4.87. The van der Waals surface area contributed by atoms with Gasteiger partial charge in [0, 0.05) is 28.7 Å². The molecule has 7 rings (SSSR count). The summed E-state index contributed by atoms with van der Waals surface area (Å²) in [5.74, 6) is 1.70. The van der Waals surface area contributed by atoms with Crippen molar-refractivity contribution in [2.75, 3.05) is 19.3 Å². The minimum atomic E-state index is -0.527. The first-order valence-electron chi connectivity index (χ1n) is 15.6. The quantitative estimate of drug-likeness (QED) is 0.299. The number of nitrogens with zero attached hydrogens (tertiary/aromatic N) is 7. The van der Waals surface area contributed by atoms with E-state index in [1.165, 1.54) is 16.2 Å². The van der Waals surface area contributed by atoms with E-state index in [9.17, 15) is 10.4 Å². The third-order valence-corrected chi connectivity index (χ3v) is 10.6. The molecular weight excluding hydrogens is 576 g/mol. The second-order valence-corrected chi connectivity index (χ2v) is 13.7. The molecule has 0 amide bonds. The fourth-order valence-corrected chi connectivity index (χ4v) is 8.77. The summed E-state index contributed by atoms with van der Waals surface area (Å²) in [4.78, 5) is 13.4. The van der Waals surface area contributed by atoms with Crippen molar-refractivity contribution in [1.82, 2.24) is 29.8 Å². The number of likely N-dealkylation sites (tertiary alicyclic amines) is 1. The first kappa shape index (κ1) is 29.0. The number of aliphatic hydroxyl groups is 1. The summed E-state index contributed by atoms with van der Waals surface area (Å²) in [6, 6.07) is 6.40. The molecule has 5 heterocycles. The van der Waals surface area contributed by atoms with E-state index < -0.39 is 11.5 Å². The van der Waals surface area contributed by atoms with Crippen LogP contribution in [0.4, 0.5) is 5.00 Å². The molecule has 0 bridgehead atoms. The average Bonchev–Trinajstić information content (AvgIpc) is 3.79. The van der Waals surface area contributed by atoms with Gasteiger partial charge in [0.05, 0.1) is 29.3 Å². The molecule has 11 nitrogen and oxygen atoms in total. The Kier molecular flexibility index (Phi) is 7.43.